The van der Waals surface area contributed by atoms with Gasteiger partial charge in [-0.3, -0.25) is 0 Å². The van der Waals surface area contributed by atoms with Crippen LogP contribution in [0, 0.1) is 5.82 Å². The summed E-state index contributed by atoms with van der Waals surface area (Å²) in [7, 11) is 0. The highest BCUT2D eigenvalue weighted by atomic mass is 32.1. The van der Waals surface area contributed by atoms with Crippen LogP contribution in [0.4, 0.5) is 17.6 Å². The van der Waals surface area contributed by atoms with Crippen molar-refractivity contribution in [2.75, 3.05) is 0 Å². The first-order chi connectivity index (χ1) is 8.39. The standard InChI is InChI=1S/C12H9F4NS/c13-9-4-3-7(12(14,15)16)6-8(9)11(17)10-2-1-5-18-10/h1-6,11H,17H2/t11-/m1/s1. The average molecular weight is 275 g/mol. The summed E-state index contributed by atoms with van der Waals surface area (Å²) in [4.78, 5) is 0.619. The van der Waals surface area contributed by atoms with Crippen LogP contribution < -0.4 is 5.73 Å². The molecule has 2 aromatic rings. The molecule has 0 aliphatic heterocycles. The lowest BCUT2D eigenvalue weighted by molar-refractivity contribution is -0.137. The molecule has 1 aromatic heterocycles. The van der Waals surface area contributed by atoms with Crippen molar-refractivity contribution in [3.05, 3.63) is 57.5 Å². The largest absolute Gasteiger partial charge is 0.416 e. The van der Waals surface area contributed by atoms with Crippen molar-refractivity contribution in [3.63, 3.8) is 0 Å². The van der Waals surface area contributed by atoms with E-state index in [1.54, 1.807) is 17.5 Å². The summed E-state index contributed by atoms with van der Waals surface area (Å²) >= 11 is 1.27. The minimum absolute atomic E-state index is 0.146. The number of nitrogens with two attached hydrogens (primary N) is 1. The summed E-state index contributed by atoms with van der Waals surface area (Å²) in [6.45, 7) is 0. The molecule has 0 saturated carbocycles. The number of benzene rings is 1. The third-order valence-electron chi connectivity index (χ3n) is 2.51. The van der Waals surface area contributed by atoms with Crippen LogP contribution in [0.15, 0.2) is 35.7 Å². The van der Waals surface area contributed by atoms with E-state index in [-0.39, 0.29) is 5.56 Å². The van der Waals surface area contributed by atoms with Gasteiger partial charge in [-0.15, -0.1) is 11.3 Å². The van der Waals surface area contributed by atoms with Gasteiger partial charge in [-0.05, 0) is 29.6 Å². The topological polar surface area (TPSA) is 26.0 Å². The Balaban J connectivity index is 2.44. The van der Waals surface area contributed by atoms with Crippen molar-refractivity contribution in [1.29, 1.82) is 0 Å². The smallest absolute Gasteiger partial charge is 0.320 e. The molecule has 1 atom stereocenters. The van der Waals surface area contributed by atoms with Gasteiger partial charge in [-0.1, -0.05) is 6.07 Å². The Bertz CT molecular complexity index is 534. The molecule has 6 heteroatoms. The van der Waals surface area contributed by atoms with E-state index in [2.05, 4.69) is 0 Å². The molecule has 18 heavy (non-hydrogen) atoms. The molecule has 0 fully saturated rings. The number of hydrogen-bond donors (Lipinski definition) is 1. The Hall–Kier alpha value is -1.40. The van der Waals surface area contributed by atoms with Gasteiger partial charge in [0.15, 0.2) is 0 Å². The zero-order valence-corrected chi connectivity index (χ0v) is 9.86. The van der Waals surface area contributed by atoms with Crippen LogP contribution in [0.25, 0.3) is 0 Å². The molecular formula is C12H9F4NS. The first kappa shape index (κ1) is 13.0. The summed E-state index contributed by atoms with van der Waals surface area (Å²) in [6.07, 6.45) is -4.50. The quantitative estimate of drug-likeness (QED) is 0.825. The first-order valence-electron chi connectivity index (χ1n) is 5.05. The molecule has 0 aliphatic rings. The SMILES string of the molecule is N[C@@H](c1cccs1)c1cc(C(F)(F)F)ccc1F. The zero-order chi connectivity index (χ0) is 13.3. The van der Waals surface area contributed by atoms with Crippen LogP contribution in [-0.2, 0) is 6.18 Å². The van der Waals surface area contributed by atoms with E-state index in [1.807, 2.05) is 0 Å². The Labute approximate surface area is 105 Å². The molecule has 0 saturated heterocycles. The van der Waals surface area contributed by atoms with E-state index < -0.39 is 23.6 Å². The van der Waals surface area contributed by atoms with Crippen molar-refractivity contribution in [2.24, 2.45) is 5.73 Å². The first-order valence-corrected chi connectivity index (χ1v) is 5.93. The van der Waals surface area contributed by atoms with Gasteiger partial charge in [0.05, 0.1) is 11.6 Å². The highest BCUT2D eigenvalue weighted by molar-refractivity contribution is 7.10. The number of hydrogen-bond acceptors (Lipinski definition) is 2. The Morgan fingerprint density at radius 1 is 1.17 bits per heavy atom. The van der Waals surface area contributed by atoms with Crippen LogP contribution in [0.1, 0.15) is 22.0 Å². The zero-order valence-electron chi connectivity index (χ0n) is 9.04. The van der Waals surface area contributed by atoms with Crippen molar-refractivity contribution in [2.45, 2.75) is 12.2 Å². The molecule has 2 N–H and O–H groups in total. The van der Waals surface area contributed by atoms with Crippen molar-refractivity contribution in [3.8, 4) is 0 Å². The fraction of sp³-hybridized carbons (Fsp3) is 0.167. The van der Waals surface area contributed by atoms with E-state index in [0.717, 1.165) is 12.1 Å². The van der Waals surface area contributed by atoms with Crippen LogP contribution in [-0.4, -0.2) is 0 Å². The third kappa shape index (κ3) is 2.54. The molecule has 1 aromatic carbocycles. The molecule has 0 aliphatic carbocycles. The monoisotopic (exact) mass is 275 g/mol. The summed E-state index contributed by atoms with van der Waals surface area (Å²) in [6, 6.07) is 4.76. The second-order valence-corrected chi connectivity index (χ2v) is 4.71. The van der Waals surface area contributed by atoms with E-state index in [0.29, 0.717) is 10.9 Å². The van der Waals surface area contributed by atoms with Crippen LogP contribution in [0.3, 0.4) is 0 Å². The normalized spacial score (nSPS) is 13.6. The summed E-state index contributed by atoms with van der Waals surface area (Å²) in [5, 5.41) is 1.74. The molecule has 0 amide bonds. The lowest BCUT2D eigenvalue weighted by Gasteiger charge is -2.14. The van der Waals surface area contributed by atoms with E-state index >= 15 is 0 Å². The summed E-state index contributed by atoms with van der Waals surface area (Å²) in [5.74, 6) is -0.732. The molecule has 1 nitrogen and oxygen atoms in total. The van der Waals surface area contributed by atoms with Crippen LogP contribution >= 0.6 is 11.3 Å². The molecule has 0 unspecified atom stereocenters. The van der Waals surface area contributed by atoms with E-state index in [4.69, 9.17) is 5.73 Å². The second-order valence-electron chi connectivity index (χ2n) is 3.73. The van der Waals surface area contributed by atoms with Crippen molar-refractivity contribution < 1.29 is 17.6 Å². The van der Waals surface area contributed by atoms with Gasteiger partial charge < -0.3 is 5.73 Å². The average Bonchev–Trinajstić information content (AvgIpc) is 2.80. The predicted molar refractivity (Wildman–Crippen MR) is 61.8 cm³/mol. The Morgan fingerprint density at radius 3 is 2.44 bits per heavy atom. The molecule has 0 bridgehead atoms. The van der Waals surface area contributed by atoms with Gasteiger partial charge in [-0.2, -0.15) is 13.2 Å². The fourth-order valence-electron chi connectivity index (χ4n) is 1.58. The van der Waals surface area contributed by atoms with Gasteiger partial charge in [0.25, 0.3) is 0 Å². The van der Waals surface area contributed by atoms with Gasteiger partial charge in [0, 0.05) is 10.4 Å². The minimum atomic E-state index is -4.50. The molecular weight excluding hydrogens is 266 g/mol. The maximum Gasteiger partial charge on any atom is 0.416 e. The predicted octanol–water partition coefficient (Wildman–Crippen LogP) is 3.95. The van der Waals surface area contributed by atoms with Gasteiger partial charge in [0.2, 0.25) is 0 Å². The second kappa shape index (κ2) is 4.70. The van der Waals surface area contributed by atoms with Gasteiger partial charge in [0.1, 0.15) is 5.82 Å². The maximum atomic E-state index is 13.6. The van der Waals surface area contributed by atoms with E-state index in [9.17, 15) is 17.6 Å². The lowest BCUT2D eigenvalue weighted by atomic mass is 10.0. The van der Waals surface area contributed by atoms with Gasteiger partial charge >= 0.3 is 6.18 Å². The molecule has 96 valence electrons. The highest BCUT2D eigenvalue weighted by Crippen LogP contribution is 2.33. The summed E-state index contributed by atoms with van der Waals surface area (Å²) < 4.78 is 51.2. The van der Waals surface area contributed by atoms with Crippen LogP contribution in [0.5, 0.6) is 0 Å². The Kier molecular flexibility index (Phi) is 3.41. The number of rotatable bonds is 2. The third-order valence-corrected chi connectivity index (χ3v) is 3.46. The lowest BCUT2D eigenvalue weighted by Crippen LogP contribution is -2.14. The molecule has 2 rings (SSSR count). The number of alkyl halides is 3. The maximum absolute atomic E-state index is 13.6. The number of thiophene rings is 1. The van der Waals surface area contributed by atoms with Crippen molar-refractivity contribution >= 4 is 11.3 Å². The highest BCUT2D eigenvalue weighted by Gasteiger charge is 2.31. The fourth-order valence-corrected chi connectivity index (χ4v) is 2.32. The summed E-state index contributed by atoms with van der Waals surface area (Å²) in [5.41, 5.74) is 4.73. The van der Waals surface area contributed by atoms with Gasteiger partial charge in [-0.25, -0.2) is 4.39 Å². The minimum Gasteiger partial charge on any atom is -0.320 e. The molecule has 0 spiro atoms. The van der Waals surface area contributed by atoms with E-state index in [1.165, 1.54) is 11.3 Å². The molecule has 0 radical (unpaired) electrons. The van der Waals surface area contributed by atoms with Crippen molar-refractivity contribution in [1.82, 2.24) is 0 Å². The molecule has 1 heterocycles. The number of halogens is 4. The van der Waals surface area contributed by atoms with Crippen LogP contribution in [0.2, 0.25) is 0 Å². The Morgan fingerprint density at radius 2 is 1.89 bits per heavy atom.